The van der Waals surface area contributed by atoms with Gasteiger partial charge in [-0.15, -0.1) is 0 Å². The minimum absolute atomic E-state index is 0.159. The maximum absolute atomic E-state index is 5.42. The monoisotopic (exact) mass is 332 g/mol. The molecule has 1 aliphatic heterocycles. The molecule has 0 saturated carbocycles. The molecule has 1 atom stereocenters. The van der Waals surface area contributed by atoms with E-state index in [-0.39, 0.29) is 6.04 Å². The minimum Gasteiger partial charge on any atom is -0.338 e. The van der Waals surface area contributed by atoms with Crippen LogP contribution in [0.3, 0.4) is 0 Å². The van der Waals surface area contributed by atoms with Crippen LogP contribution in [0.2, 0.25) is 0 Å². The van der Waals surface area contributed by atoms with Gasteiger partial charge in [-0.2, -0.15) is 10.1 Å². The van der Waals surface area contributed by atoms with E-state index in [9.17, 15) is 0 Å². The van der Waals surface area contributed by atoms with E-state index in [1.807, 2.05) is 11.6 Å². The van der Waals surface area contributed by atoms with Gasteiger partial charge in [0.05, 0.1) is 5.69 Å². The Labute approximate surface area is 143 Å². The van der Waals surface area contributed by atoms with Crippen LogP contribution >= 0.6 is 0 Å². The summed E-state index contributed by atoms with van der Waals surface area (Å²) < 4.78 is 7.47. The molecule has 2 aromatic heterocycles. The number of piperazine rings is 1. The van der Waals surface area contributed by atoms with Gasteiger partial charge in [0, 0.05) is 44.5 Å². The highest BCUT2D eigenvalue weighted by molar-refractivity contribution is 5.26. The maximum Gasteiger partial charge on any atom is 0.245 e. The molecule has 1 aliphatic rings. The van der Waals surface area contributed by atoms with Crippen LogP contribution in [0.15, 0.2) is 4.52 Å². The zero-order chi connectivity index (χ0) is 17.3. The van der Waals surface area contributed by atoms with E-state index in [1.54, 1.807) is 0 Å². The van der Waals surface area contributed by atoms with Crippen LogP contribution in [0.4, 0.5) is 0 Å². The van der Waals surface area contributed by atoms with Gasteiger partial charge in [0.15, 0.2) is 5.82 Å². The van der Waals surface area contributed by atoms with Gasteiger partial charge >= 0.3 is 0 Å². The molecule has 3 heterocycles. The van der Waals surface area contributed by atoms with Crippen LogP contribution < -0.4 is 0 Å². The molecule has 1 fully saturated rings. The van der Waals surface area contributed by atoms with Gasteiger partial charge in [0.25, 0.3) is 0 Å². The highest BCUT2D eigenvalue weighted by Crippen LogP contribution is 2.25. The maximum atomic E-state index is 5.42. The Bertz CT molecular complexity index is 691. The molecule has 2 aromatic rings. The molecule has 0 aliphatic carbocycles. The Morgan fingerprint density at radius 2 is 1.96 bits per heavy atom. The number of aryl methyl sites for hydroxylation is 3. The lowest BCUT2D eigenvalue weighted by Crippen LogP contribution is -2.46. The molecule has 0 bridgehead atoms. The standard InChI is InChI=1S/C17H28N6O/c1-6-14-13(15(7-2)22(5)19-14)10-23-9-8-21(4)16(11-23)17-18-12(3)20-24-17/h16H,6-11H2,1-5H3/t16-/m0/s1. The molecular weight excluding hydrogens is 304 g/mol. The molecule has 0 unspecified atom stereocenters. The van der Waals surface area contributed by atoms with E-state index < -0.39 is 0 Å². The average molecular weight is 332 g/mol. The smallest absolute Gasteiger partial charge is 0.245 e. The third-order valence-electron chi connectivity index (χ3n) is 4.97. The zero-order valence-corrected chi connectivity index (χ0v) is 15.4. The Morgan fingerprint density at radius 1 is 1.17 bits per heavy atom. The van der Waals surface area contributed by atoms with Crippen LogP contribution in [0.1, 0.15) is 48.6 Å². The van der Waals surface area contributed by atoms with Gasteiger partial charge < -0.3 is 4.52 Å². The van der Waals surface area contributed by atoms with Crippen molar-refractivity contribution in [3.63, 3.8) is 0 Å². The largest absolute Gasteiger partial charge is 0.338 e. The average Bonchev–Trinajstić information content (AvgIpc) is 3.12. The van der Waals surface area contributed by atoms with Crippen LogP contribution in [-0.2, 0) is 26.4 Å². The van der Waals surface area contributed by atoms with Crippen LogP contribution in [0.5, 0.6) is 0 Å². The molecule has 0 radical (unpaired) electrons. The van der Waals surface area contributed by atoms with Crippen LogP contribution in [0.25, 0.3) is 0 Å². The summed E-state index contributed by atoms with van der Waals surface area (Å²) in [6, 6.07) is 0.159. The van der Waals surface area contributed by atoms with Crippen molar-refractivity contribution in [3.8, 4) is 0 Å². The molecule has 132 valence electrons. The van der Waals surface area contributed by atoms with E-state index in [0.29, 0.717) is 5.82 Å². The summed E-state index contributed by atoms with van der Waals surface area (Å²) in [7, 11) is 4.18. The fraction of sp³-hybridized carbons (Fsp3) is 0.706. The van der Waals surface area contributed by atoms with Crippen molar-refractivity contribution in [2.75, 3.05) is 26.7 Å². The van der Waals surface area contributed by atoms with Crippen molar-refractivity contribution >= 4 is 0 Å². The lowest BCUT2D eigenvalue weighted by molar-refractivity contribution is 0.0711. The predicted molar refractivity (Wildman–Crippen MR) is 91.6 cm³/mol. The molecule has 7 heteroatoms. The highest BCUT2D eigenvalue weighted by Gasteiger charge is 2.30. The van der Waals surface area contributed by atoms with E-state index in [2.05, 4.69) is 47.9 Å². The van der Waals surface area contributed by atoms with E-state index in [4.69, 9.17) is 9.62 Å². The fourth-order valence-corrected chi connectivity index (χ4v) is 3.59. The van der Waals surface area contributed by atoms with Gasteiger partial charge in [0.1, 0.15) is 6.04 Å². The third-order valence-corrected chi connectivity index (χ3v) is 4.97. The Morgan fingerprint density at radius 3 is 2.58 bits per heavy atom. The number of rotatable bonds is 5. The molecule has 7 nitrogen and oxygen atoms in total. The van der Waals surface area contributed by atoms with Crippen molar-refractivity contribution in [3.05, 3.63) is 28.7 Å². The summed E-state index contributed by atoms with van der Waals surface area (Å²) in [6.45, 7) is 10.1. The number of hydrogen-bond acceptors (Lipinski definition) is 6. The predicted octanol–water partition coefficient (Wildman–Crippen LogP) is 1.73. The fourth-order valence-electron chi connectivity index (χ4n) is 3.59. The van der Waals surface area contributed by atoms with Crippen molar-refractivity contribution < 1.29 is 4.52 Å². The summed E-state index contributed by atoms with van der Waals surface area (Å²) in [6.07, 6.45) is 1.99. The summed E-state index contributed by atoms with van der Waals surface area (Å²) >= 11 is 0. The second-order valence-corrected chi connectivity index (χ2v) is 6.61. The first-order valence-corrected chi connectivity index (χ1v) is 8.79. The van der Waals surface area contributed by atoms with E-state index >= 15 is 0 Å². The SMILES string of the molecule is CCc1nn(C)c(CC)c1CN1CCN(C)[C@H](c2nc(C)no2)C1. The minimum atomic E-state index is 0.159. The lowest BCUT2D eigenvalue weighted by atomic mass is 10.1. The van der Waals surface area contributed by atoms with Crippen LogP contribution in [-0.4, -0.2) is 56.4 Å². The van der Waals surface area contributed by atoms with Crippen LogP contribution in [0, 0.1) is 6.92 Å². The Balaban J connectivity index is 1.79. The molecule has 24 heavy (non-hydrogen) atoms. The van der Waals surface area contributed by atoms with Crippen molar-refractivity contribution in [1.29, 1.82) is 0 Å². The van der Waals surface area contributed by atoms with Gasteiger partial charge in [0.2, 0.25) is 5.89 Å². The second-order valence-electron chi connectivity index (χ2n) is 6.61. The first kappa shape index (κ1) is 17.1. The molecule has 3 rings (SSSR count). The van der Waals surface area contributed by atoms with E-state index in [1.165, 1.54) is 17.0 Å². The summed E-state index contributed by atoms with van der Waals surface area (Å²) in [5.41, 5.74) is 3.96. The van der Waals surface area contributed by atoms with Gasteiger partial charge in [-0.3, -0.25) is 14.5 Å². The van der Waals surface area contributed by atoms with E-state index in [0.717, 1.165) is 44.9 Å². The summed E-state index contributed by atoms with van der Waals surface area (Å²) in [4.78, 5) is 9.22. The first-order chi connectivity index (χ1) is 11.5. The zero-order valence-electron chi connectivity index (χ0n) is 15.4. The Hall–Kier alpha value is -1.73. The van der Waals surface area contributed by atoms with Gasteiger partial charge in [-0.1, -0.05) is 19.0 Å². The third kappa shape index (κ3) is 3.23. The van der Waals surface area contributed by atoms with Gasteiger partial charge in [-0.25, -0.2) is 0 Å². The quantitative estimate of drug-likeness (QED) is 0.831. The molecular formula is C17H28N6O. The van der Waals surface area contributed by atoms with Crippen molar-refractivity contribution in [2.45, 2.75) is 46.2 Å². The molecule has 1 saturated heterocycles. The topological polar surface area (TPSA) is 63.2 Å². The lowest BCUT2D eigenvalue weighted by Gasteiger charge is -2.37. The molecule has 0 N–H and O–H groups in total. The number of nitrogens with zero attached hydrogens (tertiary/aromatic N) is 6. The molecule has 0 spiro atoms. The first-order valence-electron chi connectivity index (χ1n) is 8.79. The normalized spacial score (nSPS) is 20.0. The summed E-state index contributed by atoms with van der Waals surface area (Å²) in [5, 5.41) is 8.65. The second kappa shape index (κ2) is 7.03. The number of hydrogen-bond donors (Lipinski definition) is 0. The van der Waals surface area contributed by atoms with Gasteiger partial charge in [-0.05, 0) is 26.8 Å². The highest BCUT2D eigenvalue weighted by atomic mass is 16.5. The van der Waals surface area contributed by atoms with Crippen molar-refractivity contribution in [1.82, 2.24) is 29.7 Å². The summed E-state index contributed by atoms with van der Waals surface area (Å²) in [5.74, 6) is 1.42. The Kier molecular flexibility index (Phi) is 5.01. The number of likely N-dealkylation sites (N-methyl/N-ethyl adjacent to an activating group) is 1. The number of aromatic nitrogens is 4. The molecule has 0 amide bonds. The molecule has 0 aromatic carbocycles. The van der Waals surface area contributed by atoms with Crippen molar-refractivity contribution in [2.24, 2.45) is 7.05 Å².